The normalized spacial score (nSPS) is 9.96. The highest BCUT2D eigenvalue weighted by Gasteiger charge is 2.18. The van der Waals surface area contributed by atoms with Crippen LogP contribution in [0, 0.1) is 0 Å². The van der Waals surface area contributed by atoms with E-state index in [0.29, 0.717) is 34.4 Å². The first-order chi connectivity index (χ1) is 12.6. The average Bonchev–Trinajstić information content (AvgIpc) is 2.67. The second-order valence-corrected chi connectivity index (χ2v) is 5.77. The number of esters is 1. The molecule has 0 unspecified atom stereocenters. The fourth-order valence-corrected chi connectivity index (χ4v) is 2.60. The zero-order valence-corrected chi connectivity index (χ0v) is 15.8. The molecule has 0 amide bonds. The summed E-state index contributed by atoms with van der Waals surface area (Å²) in [7, 11) is 4.34. The molecule has 0 aromatic heterocycles. The van der Waals surface area contributed by atoms with Crippen LogP contribution in [0.3, 0.4) is 0 Å². The average molecular weight is 374 g/mol. The Balaban J connectivity index is 2.08. The Morgan fingerprint density at radius 2 is 1.69 bits per heavy atom. The van der Waals surface area contributed by atoms with Gasteiger partial charge in [0.15, 0.2) is 16.6 Å². The standard InChI is InChI=1S/C19H22N2O4S/c1-23-16-11-14(18(22)25-3)15(12-17(16)24-2)21-19(26)20-10-9-13-7-5-4-6-8-13/h4-8,11-12H,9-10H2,1-3H3,(H2,20,21,26). The highest BCUT2D eigenvalue weighted by atomic mass is 32.1. The van der Waals surface area contributed by atoms with Crippen LogP contribution < -0.4 is 20.1 Å². The summed E-state index contributed by atoms with van der Waals surface area (Å²) in [5.41, 5.74) is 1.99. The summed E-state index contributed by atoms with van der Waals surface area (Å²) in [6.45, 7) is 0.663. The van der Waals surface area contributed by atoms with E-state index in [2.05, 4.69) is 22.8 Å². The van der Waals surface area contributed by atoms with Crippen molar-refractivity contribution in [3.8, 4) is 11.5 Å². The van der Waals surface area contributed by atoms with Crippen molar-refractivity contribution in [3.63, 3.8) is 0 Å². The summed E-state index contributed by atoms with van der Waals surface area (Å²) in [6.07, 6.45) is 0.832. The fourth-order valence-electron chi connectivity index (χ4n) is 2.39. The Labute approximate surface area is 158 Å². The van der Waals surface area contributed by atoms with Crippen LogP contribution in [-0.2, 0) is 11.2 Å². The SMILES string of the molecule is COC(=O)c1cc(OC)c(OC)cc1NC(=S)NCCc1ccccc1. The van der Waals surface area contributed by atoms with Crippen molar-refractivity contribution in [2.45, 2.75) is 6.42 Å². The Bertz CT molecular complexity index is 766. The topological polar surface area (TPSA) is 68.8 Å². The minimum Gasteiger partial charge on any atom is -0.493 e. The summed E-state index contributed by atoms with van der Waals surface area (Å²) < 4.78 is 15.4. The van der Waals surface area contributed by atoms with E-state index in [0.717, 1.165) is 6.42 Å². The van der Waals surface area contributed by atoms with Crippen LogP contribution in [0.25, 0.3) is 0 Å². The van der Waals surface area contributed by atoms with Gasteiger partial charge < -0.3 is 24.8 Å². The third-order valence-corrected chi connectivity index (χ3v) is 3.97. The molecule has 0 fully saturated rings. The number of carbonyl (C=O) groups excluding carboxylic acids is 1. The number of ether oxygens (including phenoxy) is 3. The second-order valence-electron chi connectivity index (χ2n) is 5.36. The van der Waals surface area contributed by atoms with Crippen molar-refractivity contribution < 1.29 is 19.0 Å². The molecule has 0 spiro atoms. The lowest BCUT2D eigenvalue weighted by atomic mass is 10.1. The van der Waals surface area contributed by atoms with Gasteiger partial charge in [0.2, 0.25) is 0 Å². The first-order valence-corrected chi connectivity index (χ1v) is 8.43. The lowest BCUT2D eigenvalue weighted by molar-refractivity contribution is 0.0601. The molecule has 0 aliphatic rings. The zero-order chi connectivity index (χ0) is 18.9. The van der Waals surface area contributed by atoms with Crippen LogP contribution >= 0.6 is 12.2 Å². The fraction of sp³-hybridized carbons (Fsp3) is 0.263. The van der Waals surface area contributed by atoms with E-state index in [1.165, 1.54) is 26.9 Å². The van der Waals surface area contributed by atoms with E-state index in [1.807, 2.05) is 18.2 Å². The van der Waals surface area contributed by atoms with Gasteiger partial charge in [0, 0.05) is 18.7 Å². The van der Waals surface area contributed by atoms with E-state index in [-0.39, 0.29) is 0 Å². The predicted molar refractivity (Wildman–Crippen MR) is 105 cm³/mol. The van der Waals surface area contributed by atoms with Crippen molar-refractivity contribution in [1.29, 1.82) is 0 Å². The largest absolute Gasteiger partial charge is 0.493 e. The second kappa shape index (κ2) is 9.62. The molecule has 0 bridgehead atoms. The number of thiocarbonyl (C=S) groups is 1. The molecule has 0 heterocycles. The minimum absolute atomic E-state index is 0.303. The summed E-state index contributed by atoms with van der Waals surface area (Å²) in [6, 6.07) is 13.3. The molecule has 2 N–H and O–H groups in total. The number of hydrogen-bond donors (Lipinski definition) is 2. The van der Waals surface area contributed by atoms with Gasteiger partial charge in [-0.2, -0.15) is 0 Å². The van der Waals surface area contributed by atoms with Crippen molar-refractivity contribution in [1.82, 2.24) is 5.32 Å². The molecule has 7 heteroatoms. The van der Waals surface area contributed by atoms with Crippen LogP contribution in [0.4, 0.5) is 5.69 Å². The van der Waals surface area contributed by atoms with E-state index >= 15 is 0 Å². The van der Waals surface area contributed by atoms with E-state index in [4.69, 9.17) is 26.4 Å². The van der Waals surface area contributed by atoms with Crippen LogP contribution in [-0.4, -0.2) is 39.0 Å². The molecule has 6 nitrogen and oxygen atoms in total. The third-order valence-electron chi connectivity index (χ3n) is 3.72. The van der Waals surface area contributed by atoms with Gasteiger partial charge in [-0.1, -0.05) is 30.3 Å². The Hall–Kier alpha value is -2.80. The Morgan fingerprint density at radius 3 is 2.31 bits per heavy atom. The molecule has 0 aliphatic carbocycles. The molecule has 2 rings (SSSR count). The maximum Gasteiger partial charge on any atom is 0.340 e. The molecule has 0 atom stereocenters. The molecule has 2 aromatic carbocycles. The van der Waals surface area contributed by atoms with E-state index < -0.39 is 5.97 Å². The van der Waals surface area contributed by atoms with Crippen LogP contribution in [0.15, 0.2) is 42.5 Å². The maximum atomic E-state index is 12.1. The van der Waals surface area contributed by atoms with Crippen molar-refractivity contribution >= 4 is 29.0 Å². The van der Waals surface area contributed by atoms with Gasteiger partial charge in [0.05, 0.1) is 32.6 Å². The molecule has 0 aliphatic heterocycles. The molecule has 26 heavy (non-hydrogen) atoms. The highest BCUT2D eigenvalue weighted by molar-refractivity contribution is 7.80. The number of hydrogen-bond acceptors (Lipinski definition) is 5. The monoisotopic (exact) mass is 374 g/mol. The summed E-state index contributed by atoms with van der Waals surface area (Å²) >= 11 is 5.33. The zero-order valence-electron chi connectivity index (χ0n) is 15.0. The lowest BCUT2D eigenvalue weighted by Crippen LogP contribution is -2.30. The summed E-state index contributed by atoms with van der Waals surface area (Å²) in [4.78, 5) is 12.1. The van der Waals surface area contributed by atoms with E-state index in [1.54, 1.807) is 12.1 Å². The predicted octanol–water partition coefficient (Wildman–Crippen LogP) is 3.02. The van der Waals surface area contributed by atoms with Crippen molar-refractivity contribution in [2.75, 3.05) is 33.2 Å². The Kier molecular flexibility index (Phi) is 7.23. The summed E-state index contributed by atoms with van der Waals surface area (Å²) in [5, 5.41) is 6.55. The van der Waals surface area contributed by atoms with Gasteiger partial charge in [-0.25, -0.2) is 4.79 Å². The van der Waals surface area contributed by atoms with E-state index in [9.17, 15) is 4.79 Å². The Morgan fingerprint density at radius 1 is 1.04 bits per heavy atom. The molecular formula is C19H22N2O4S. The van der Waals surface area contributed by atoms with Gasteiger partial charge in [-0.3, -0.25) is 0 Å². The van der Waals surface area contributed by atoms with Crippen LogP contribution in [0.5, 0.6) is 11.5 Å². The van der Waals surface area contributed by atoms with Crippen LogP contribution in [0.1, 0.15) is 15.9 Å². The number of nitrogens with one attached hydrogen (secondary N) is 2. The summed E-state index contributed by atoms with van der Waals surface area (Å²) in [5.74, 6) is 0.414. The molecule has 0 radical (unpaired) electrons. The minimum atomic E-state index is -0.500. The first kappa shape index (κ1) is 19.5. The highest BCUT2D eigenvalue weighted by Crippen LogP contribution is 2.33. The molecule has 138 valence electrons. The maximum absolute atomic E-state index is 12.1. The molecular weight excluding hydrogens is 352 g/mol. The van der Waals surface area contributed by atoms with Crippen molar-refractivity contribution in [3.05, 3.63) is 53.6 Å². The van der Waals surface area contributed by atoms with Gasteiger partial charge in [0.25, 0.3) is 0 Å². The molecule has 0 saturated carbocycles. The van der Waals surface area contributed by atoms with Gasteiger partial charge in [0.1, 0.15) is 0 Å². The number of methoxy groups -OCH3 is 3. The van der Waals surface area contributed by atoms with Gasteiger partial charge in [-0.15, -0.1) is 0 Å². The lowest BCUT2D eigenvalue weighted by Gasteiger charge is -2.16. The van der Waals surface area contributed by atoms with Crippen LogP contribution in [0.2, 0.25) is 0 Å². The first-order valence-electron chi connectivity index (χ1n) is 8.02. The third kappa shape index (κ3) is 5.10. The number of carbonyl (C=O) groups is 1. The number of rotatable bonds is 7. The molecule has 2 aromatic rings. The quantitative estimate of drug-likeness (QED) is 0.570. The molecule has 0 saturated heterocycles. The number of benzene rings is 2. The number of anilines is 1. The van der Waals surface area contributed by atoms with Gasteiger partial charge >= 0.3 is 5.97 Å². The van der Waals surface area contributed by atoms with Crippen molar-refractivity contribution in [2.24, 2.45) is 0 Å². The van der Waals surface area contributed by atoms with Gasteiger partial charge in [-0.05, 0) is 24.2 Å². The smallest absolute Gasteiger partial charge is 0.340 e.